The molecule has 1 unspecified atom stereocenters. The second kappa shape index (κ2) is 4.91. The van der Waals surface area contributed by atoms with E-state index >= 15 is 0 Å². The first-order valence-corrected chi connectivity index (χ1v) is 5.60. The molecule has 0 rings (SSSR count). The van der Waals surface area contributed by atoms with Crippen LogP contribution in [0.5, 0.6) is 0 Å². The Hall–Kier alpha value is 0.150. The first kappa shape index (κ1) is 11.2. The molecule has 0 saturated carbocycles. The third-order valence-electron chi connectivity index (χ3n) is 1.15. The molecule has 3 nitrogen and oxygen atoms in total. The molecular formula is C7H17O3P. The van der Waals surface area contributed by atoms with Gasteiger partial charge in [-0.15, -0.1) is 0 Å². The van der Waals surface area contributed by atoms with E-state index in [4.69, 9.17) is 9.05 Å². The van der Waals surface area contributed by atoms with Gasteiger partial charge in [-0.2, -0.15) is 0 Å². The van der Waals surface area contributed by atoms with Crippen molar-refractivity contribution in [3.8, 4) is 0 Å². The molecule has 0 aromatic carbocycles. The fourth-order valence-corrected chi connectivity index (χ4v) is 2.35. The van der Waals surface area contributed by atoms with Gasteiger partial charge in [0.05, 0.1) is 6.10 Å². The highest BCUT2D eigenvalue weighted by Gasteiger charge is 2.22. The van der Waals surface area contributed by atoms with Crippen LogP contribution >= 0.6 is 7.60 Å². The van der Waals surface area contributed by atoms with Crippen molar-refractivity contribution in [2.75, 3.05) is 13.3 Å². The van der Waals surface area contributed by atoms with E-state index in [2.05, 4.69) is 0 Å². The van der Waals surface area contributed by atoms with Gasteiger partial charge in [-0.05, 0) is 20.3 Å². The lowest BCUT2D eigenvalue weighted by atomic mass is 10.5. The molecular weight excluding hydrogens is 163 g/mol. The highest BCUT2D eigenvalue weighted by molar-refractivity contribution is 7.53. The van der Waals surface area contributed by atoms with E-state index in [0.717, 1.165) is 6.42 Å². The fraction of sp³-hybridized carbons (Fsp3) is 1.00. The monoisotopic (exact) mass is 180 g/mol. The average Bonchev–Trinajstić information content (AvgIpc) is 1.87. The van der Waals surface area contributed by atoms with E-state index < -0.39 is 7.60 Å². The van der Waals surface area contributed by atoms with Crippen LogP contribution in [0.4, 0.5) is 0 Å². The van der Waals surface area contributed by atoms with Crippen molar-refractivity contribution in [3.63, 3.8) is 0 Å². The second-order valence-electron chi connectivity index (χ2n) is 2.67. The lowest BCUT2D eigenvalue weighted by Crippen LogP contribution is -2.04. The van der Waals surface area contributed by atoms with E-state index in [-0.39, 0.29) is 6.10 Å². The van der Waals surface area contributed by atoms with Crippen molar-refractivity contribution < 1.29 is 13.6 Å². The van der Waals surface area contributed by atoms with Crippen LogP contribution in [0.1, 0.15) is 27.2 Å². The molecule has 11 heavy (non-hydrogen) atoms. The normalized spacial score (nSPS) is 16.8. The molecule has 0 aliphatic heterocycles. The maximum Gasteiger partial charge on any atom is 0.330 e. The van der Waals surface area contributed by atoms with Gasteiger partial charge in [0, 0.05) is 13.3 Å². The fourth-order valence-electron chi connectivity index (χ4n) is 0.782. The molecule has 0 aliphatic rings. The Labute approximate surface area is 68.6 Å². The summed E-state index contributed by atoms with van der Waals surface area (Å²) < 4.78 is 21.5. The molecule has 0 aromatic rings. The lowest BCUT2D eigenvalue weighted by molar-refractivity contribution is 0.187. The molecule has 0 heterocycles. The summed E-state index contributed by atoms with van der Waals surface area (Å²) in [5, 5.41) is 0. The van der Waals surface area contributed by atoms with E-state index in [9.17, 15) is 4.57 Å². The van der Waals surface area contributed by atoms with E-state index in [1.54, 1.807) is 0 Å². The van der Waals surface area contributed by atoms with Crippen molar-refractivity contribution >= 4 is 7.60 Å². The Morgan fingerprint density at radius 2 is 2.00 bits per heavy atom. The number of hydrogen-bond acceptors (Lipinski definition) is 3. The van der Waals surface area contributed by atoms with Crippen LogP contribution in [0.25, 0.3) is 0 Å². The first-order chi connectivity index (χ1) is 5.04. The molecule has 68 valence electrons. The van der Waals surface area contributed by atoms with Gasteiger partial charge in [0.15, 0.2) is 0 Å². The Bertz CT molecular complexity index is 145. The Balaban J connectivity index is 4.00. The van der Waals surface area contributed by atoms with Gasteiger partial charge in [0.25, 0.3) is 0 Å². The summed E-state index contributed by atoms with van der Waals surface area (Å²) >= 11 is 0. The van der Waals surface area contributed by atoms with Crippen LogP contribution in [0.2, 0.25) is 0 Å². The highest BCUT2D eigenvalue weighted by atomic mass is 31.2. The minimum Gasteiger partial charge on any atom is -0.312 e. The summed E-state index contributed by atoms with van der Waals surface area (Å²) in [6, 6.07) is 0. The predicted octanol–water partition coefficient (Wildman–Crippen LogP) is 2.66. The maximum atomic E-state index is 11.5. The summed E-state index contributed by atoms with van der Waals surface area (Å²) in [7, 11) is -1.33. The van der Waals surface area contributed by atoms with Gasteiger partial charge in [-0.25, -0.2) is 0 Å². The molecule has 0 radical (unpaired) electrons. The topological polar surface area (TPSA) is 35.5 Å². The summed E-state index contributed by atoms with van der Waals surface area (Å²) in [6.45, 7) is 5.65. The zero-order chi connectivity index (χ0) is 8.91. The molecule has 0 amide bonds. The van der Waals surface area contributed by atoms with Crippen molar-refractivity contribution in [2.45, 2.75) is 33.3 Å². The van der Waals surface area contributed by atoms with Gasteiger partial charge < -0.3 is 9.05 Å². The smallest absolute Gasteiger partial charge is 0.312 e. The molecule has 0 spiro atoms. The average molecular weight is 180 g/mol. The van der Waals surface area contributed by atoms with Crippen molar-refractivity contribution in [1.29, 1.82) is 0 Å². The minimum atomic E-state index is -2.76. The van der Waals surface area contributed by atoms with Crippen molar-refractivity contribution in [2.24, 2.45) is 0 Å². The largest absolute Gasteiger partial charge is 0.330 e. The second-order valence-corrected chi connectivity index (χ2v) is 4.92. The summed E-state index contributed by atoms with van der Waals surface area (Å²) in [5.41, 5.74) is 0. The van der Waals surface area contributed by atoms with Gasteiger partial charge in [0.2, 0.25) is 0 Å². The molecule has 1 atom stereocenters. The molecule has 0 fully saturated rings. The summed E-state index contributed by atoms with van der Waals surface area (Å²) in [4.78, 5) is 0. The van der Waals surface area contributed by atoms with Gasteiger partial charge >= 0.3 is 7.60 Å². The van der Waals surface area contributed by atoms with Crippen LogP contribution in [0, 0.1) is 0 Å². The SMILES string of the molecule is CCCP(=O)(OC)OC(C)C. The third-order valence-corrected chi connectivity index (χ3v) is 3.44. The molecule has 0 saturated heterocycles. The molecule has 0 N–H and O–H groups in total. The van der Waals surface area contributed by atoms with Gasteiger partial charge in [-0.3, -0.25) is 4.57 Å². The Kier molecular flexibility index (Phi) is 4.98. The van der Waals surface area contributed by atoms with Crippen LogP contribution < -0.4 is 0 Å². The lowest BCUT2D eigenvalue weighted by Gasteiger charge is -2.17. The molecule has 0 aromatic heterocycles. The van der Waals surface area contributed by atoms with Gasteiger partial charge in [-0.1, -0.05) is 6.92 Å². The maximum absolute atomic E-state index is 11.5. The van der Waals surface area contributed by atoms with E-state index in [1.165, 1.54) is 7.11 Å². The Morgan fingerprint density at radius 1 is 1.45 bits per heavy atom. The summed E-state index contributed by atoms with van der Waals surface area (Å²) in [5.74, 6) is 0. The van der Waals surface area contributed by atoms with Crippen molar-refractivity contribution in [1.82, 2.24) is 0 Å². The Morgan fingerprint density at radius 3 is 2.27 bits per heavy atom. The quantitative estimate of drug-likeness (QED) is 0.610. The van der Waals surface area contributed by atoms with Crippen molar-refractivity contribution in [3.05, 3.63) is 0 Å². The molecule has 4 heteroatoms. The molecule has 0 bridgehead atoms. The van der Waals surface area contributed by atoms with E-state index in [0.29, 0.717) is 6.16 Å². The van der Waals surface area contributed by atoms with Gasteiger partial charge in [0.1, 0.15) is 0 Å². The molecule has 0 aliphatic carbocycles. The van der Waals surface area contributed by atoms with E-state index in [1.807, 2.05) is 20.8 Å². The summed E-state index contributed by atoms with van der Waals surface area (Å²) in [6.07, 6.45) is 1.28. The van der Waals surface area contributed by atoms with Crippen LogP contribution in [0.15, 0.2) is 0 Å². The zero-order valence-corrected chi connectivity index (χ0v) is 8.56. The van der Waals surface area contributed by atoms with Crippen LogP contribution in [0.3, 0.4) is 0 Å². The van der Waals surface area contributed by atoms with Crippen LogP contribution in [-0.2, 0) is 13.6 Å². The highest BCUT2D eigenvalue weighted by Crippen LogP contribution is 2.48. The number of hydrogen-bond donors (Lipinski definition) is 0. The first-order valence-electron chi connectivity index (χ1n) is 3.87. The standard InChI is InChI=1S/C7H17O3P/c1-5-6-11(8,9-4)10-7(2)3/h7H,5-6H2,1-4H3. The van der Waals surface area contributed by atoms with Crippen LogP contribution in [-0.4, -0.2) is 19.4 Å². The zero-order valence-electron chi connectivity index (χ0n) is 7.66. The third kappa shape index (κ3) is 4.57. The minimum absolute atomic E-state index is 0.0349. The number of rotatable bonds is 5. The predicted molar refractivity (Wildman–Crippen MR) is 46.0 cm³/mol.